The first-order chi connectivity index (χ1) is 11.2. The Balaban J connectivity index is 1.89. The minimum atomic E-state index is -1.05. The van der Waals surface area contributed by atoms with Crippen molar-refractivity contribution in [1.29, 1.82) is 0 Å². The van der Waals surface area contributed by atoms with Crippen LogP contribution in [0.15, 0.2) is 18.2 Å². The lowest BCUT2D eigenvalue weighted by Gasteiger charge is -2.32. The Morgan fingerprint density at radius 1 is 1.29 bits per heavy atom. The largest absolute Gasteiger partial charge is 0.495 e. The molecule has 1 saturated heterocycles. The van der Waals surface area contributed by atoms with Gasteiger partial charge in [0.05, 0.1) is 24.4 Å². The van der Waals surface area contributed by atoms with Crippen LogP contribution in [0.2, 0.25) is 0 Å². The molecular weight excluding hydrogens is 309 g/mol. The molecule has 2 heterocycles. The van der Waals surface area contributed by atoms with E-state index in [-0.39, 0.29) is 12.6 Å². The van der Waals surface area contributed by atoms with Gasteiger partial charge >= 0.3 is 13.2 Å². The van der Waals surface area contributed by atoms with E-state index in [0.29, 0.717) is 6.61 Å². The fourth-order valence-corrected chi connectivity index (χ4v) is 3.15. The predicted molar refractivity (Wildman–Crippen MR) is 90.6 cm³/mol. The Morgan fingerprint density at radius 2 is 1.96 bits per heavy atom. The molecule has 0 bridgehead atoms. The summed E-state index contributed by atoms with van der Waals surface area (Å²) in [6, 6.07) is 5.95. The second-order valence-electron chi connectivity index (χ2n) is 7.30. The van der Waals surface area contributed by atoms with E-state index in [1.54, 1.807) is 0 Å². The number of carboxylic acid groups (broad SMARTS) is 1. The summed E-state index contributed by atoms with van der Waals surface area (Å²) in [7, 11) is -0.420. The van der Waals surface area contributed by atoms with Gasteiger partial charge in [-0.2, -0.15) is 0 Å². The van der Waals surface area contributed by atoms with Crippen LogP contribution in [-0.2, 0) is 20.5 Å². The molecule has 0 spiro atoms. The van der Waals surface area contributed by atoms with Gasteiger partial charge in [0, 0.05) is 0 Å². The average Bonchev–Trinajstić information content (AvgIpc) is 2.72. The summed E-state index contributed by atoms with van der Waals surface area (Å²) in [5, 5.41) is 11.2. The van der Waals surface area contributed by atoms with E-state index in [1.807, 2.05) is 45.9 Å². The number of ether oxygens (including phenoxy) is 1. The van der Waals surface area contributed by atoms with Gasteiger partial charge in [-0.15, -0.1) is 0 Å². The SMILES string of the molecule is CC1(C)OB(c2cccc3c2CCOC3CNC(=O)O)OC1(C)C. The molecular formula is C17H24BNO5. The van der Waals surface area contributed by atoms with Crippen LogP contribution in [-0.4, -0.2) is 42.7 Å². The zero-order valence-corrected chi connectivity index (χ0v) is 14.6. The molecule has 1 aromatic rings. The molecule has 0 aromatic heterocycles. The number of fused-ring (bicyclic) bond motifs is 1. The Morgan fingerprint density at radius 3 is 2.58 bits per heavy atom. The van der Waals surface area contributed by atoms with Crippen molar-refractivity contribution in [3.05, 3.63) is 29.3 Å². The highest BCUT2D eigenvalue weighted by Crippen LogP contribution is 2.37. The lowest BCUT2D eigenvalue weighted by molar-refractivity contribution is 0.00578. The topological polar surface area (TPSA) is 77.0 Å². The van der Waals surface area contributed by atoms with E-state index in [2.05, 4.69) is 5.32 Å². The fourth-order valence-electron chi connectivity index (χ4n) is 3.15. The van der Waals surface area contributed by atoms with Gasteiger partial charge in [0.1, 0.15) is 6.10 Å². The summed E-state index contributed by atoms with van der Waals surface area (Å²) in [6.45, 7) is 8.91. The normalized spacial score (nSPS) is 24.5. The highest BCUT2D eigenvalue weighted by molar-refractivity contribution is 6.62. The molecule has 1 amide bonds. The Labute approximate surface area is 142 Å². The fraction of sp³-hybridized carbons (Fsp3) is 0.588. The summed E-state index contributed by atoms with van der Waals surface area (Å²) in [5.74, 6) is 0. The standard InChI is InChI=1S/C17H24BNO5/c1-16(2)17(3,4)24-18(23-16)13-7-5-6-12-11(13)8-9-22-14(12)10-19-15(20)21/h5-7,14,19H,8-10H2,1-4H3,(H,20,21). The van der Waals surface area contributed by atoms with Crippen LogP contribution < -0.4 is 10.8 Å². The van der Waals surface area contributed by atoms with E-state index in [0.717, 1.165) is 23.0 Å². The van der Waals surface area contributed by atoms with Crippen molar-refractivity contribution in [2.24, 2.45) is 0 Å². The summed E-state index contributed by atoms with van der Waals surface area (Å²) >= 11 is 0. The van der Waals surface area contributed by atoms with E-state index in [4.69, 9.17) is 19.2 Å². The number of carbonyl (C=O) groups is 1. The van der Waals surface area contributed by atoms with Gasteiger partial charge in [-0.1, -0.05) is 18.2 Å². The zero-order chi connectivity index (χ0) is 17.5. The van der Waals surface area contributed by atoms with Crippen molar-refractivity contribution in [3.63, 3.8) is 0 Å². The van der Waals surface area contributed by atoms with E-state index < -0.39 is 24.4 Å². The van der Waals surface area contributed by atoms with Gasteiger partial charge in [0.2, 0.25) is 0 Å². The third-order valence-electron chi connectivity index (χ3n) is 5.21. The summed E-state index contributed by atoms with van der Waals surface area (Å²) in [6.07, 6.45) is -0.570. The van der Waals surface area contributed by atoms with Crippen molar-refractivity contribution >= 4 is 18.7 Å². The number of nitrogens with one attached hydrogen (secondary N) is 1. The molecule has 0 aliphatic carbocycles. The lowest BCUT2D eigenvalue weighted by Crippen LogP contribution is -2.41. The van der Waals surface area contributed by atoms with Gasteiger partial charge in [0.25, 0.3) is 0 Å². The molecule has 130 valence electrons. The van der Waals surface area contributed by atoms with Gasteiger partial charge in [-0.05, 0) is 50.7 Å². The van der Waals surface area contributed by atoms with Crippen LogP contribution in [0.25, 0.3) is 0 Å². The number of hydrogen-bond donors (Lipinski definition) is 2. The molecule has 1 atom stereocenters. The first-order valence-corrected chi connectivity index (χ1v) is 8.27. The van der Waals surface area contributed by atoms with Crippen LogP contribution in [0.1, 0.15) is 44.9 Å². The van der Waals surface area contributed by atoms with Crippen LogP contribution in [0.3, 0.4) is 0 Å². The van der Waals surface area contributed by atoms with Crippen molar-refractivity contribution in [2.75, 3.05) is 13.2 Å². The maximum Gasteiger partial charge on any atom is 0.495 e. The molecule has 2 aliphatic heterocycles. The van der Waals surface area contributed by atoms with Crippen molar-refractivity contribution in [3.8, 4) is 0 Å². The quantitative estimate of drug-likeness (QED) is 0.826. The number of hydrogen-bond acceptors (Lipinski definition) is 4. The minimum absolute atomic E-state index is 0.231. The Kier molecular flexibility index (Phi) is 4.36. The van der Waals surface area contributed by atoms with E-state index in [9.17, 15) is 4.79 Å². The van der Waals surface area contributed by atoms with Crippen LogP contribution in [0.4, 0.5) is 4.79 Å². The Bertz CT molecular complexity index is 630. The molecule has 1 unspecified atom stereocenters. The van der Waals surface area contributed by atoms with Crippen molar-refractivity contribution < 1.29 is 23.9 Å². The summed E-state index contributed by atoms with van der Waals surface area (Å²) in [5.41, 5.74) is 2.36. The predicted octanol–water partition coefficient (Wildman–Crippen LogP) is 1.87. The summed E-state index contributed by atoms with van der Waals surface area (Å²) in [4.78, 5) is 10.8. The molecule has 7 heteroatoms. The first-order valence-electron chi connectivity index (χ1n) is 8.27. The highest BCUT2D eigenvalue weighted by atomic mass is 16.7. The molecule has 3 rings (SSSR count). The maximum atomic E-state index is 10.8. The van der Waals surface area contributed by atoms with Gasteiger partial charge < -0.3 is 24.5 Å². The third kappa shape index (κ3) is 3.03. The molecule has 1 fully saturated rings. The Hall–Kier alpha value is -1.57. The van der Waals surface area contributed by atoms with Gasteiger partial charge in [-0.3, -0.25) is 0 Å². The number of amides is 1. The van der Waals surface area contributed by atoms with E-state index >= 15 is 0 Å². The van der Waals surface area contributed by atoms with Gasteiger partial charge in [-0.25, -0.2) is 4.79 Å². The second-order valence-corrected chi connectivity index (χ2v) is 7.30. The monoisotopic (exact) mass is 333 g/mol. The molecule has 24 heavy (non-hydrogen) atoms. The molecule has 0 radical (unpaired) electrons. The zero-order valence-electron chi connectivity index (χ0n) is 14.6. The molecule has 2 N–H and O–H groups in total. The van der Waals surface area contributed by atoms with Crippen LogP contribution in [0, 0.1) is 0 Å². The van der Waals surface area contributed by atoms with Crippen LogP contribution in [0.5, 0.6) is 0 Å². The summed E-state index contributed by atoms with van der Waals surface area (Å²) < 4.78 is 18.1. The molecule has 6 nitrogen and oxygen atoms in total. The van der Waals surface area contributed by atoms with Crippen LogP contribution >= 0.6 is 0 Å². The van der Waals surface area contributed by atoms with Gasteiger partial charge in [0.15, 0.2) is 0 Å². The molecule has 0 saturated carbocycles. The number of benzene rings is 1. The smallest absolute Gasteiger partial charge is 0.465 e. The van der Waals surface area contributed by atoms with Crippen molar-refractivity contribution in [1.82, 2.24) is 5.32 Å². The average molecular weight is 333 g/mol. The molecule has 2 aliphatic rings. The lowest BCUT2D eigenvalue weighted by atomic mass is 9.73. The first kappa shape index (κ1) is 17.3. The minimum Gasteiger partial charge on any atom is -0.465 e. The second kappa shape index (κ2) is 6.06. The molecule has 1 aromatic carbocycles. The maximum absolute atomic E-state index is 10.8. The van der Waals surface area contributed by atoms with E-state index in [1.165, 1.54) is 0 Å². The highest BCUT2D eigenvalue weighted by Gasteiger charge is 2.52. The van der Waals surface area contributed by atoms with Crippen molar-refractivity contribution in [2.45, 2.75) is 51.4 Å². The third-order valence-corrected chi connectivity index (χ3v) is 5.21. The number of rotatable bonds is 3.